The van der Waals surface area contributed by atoms with Gasteiger partial charge in [-0.05, 0) is 0 Å². The van der Waals surface area contributed by atoms with Crippen LogP contribution in [0.1, 0.15) is 0 Å². The molecule has 0 amide bonds. The summed E-state index contributed by atoms with van der Waals surface area (Å²) in [4.78, 5) is 0. The number of hydrogen-bond acceptors (Lipinski definition) is 6. The third kappa shape index (κ3) is 3.10. The Morgan fingerprint density at radius 3 is 1.44 bits per heavy atom. The van der Waals surface area contributed by atoms with Crippen LogP contribution in [0.25, 0.3) is 0 Å². The van der Waals surface area contributed by atoms with Crippen molar-refractivity contribution in [2.24, 2.45) is 0 Å². The first kappa shape index (κ1) is 10.8. The van der Waals surface area contributed by atoms with E-state index in [2.05, 4.69) is 23.3 Å². The molecule has 0 fully saturated rings. The van der Waals surface area contributed by atoms with Gasteiger partial charge in [0.05, 0.1) is 0 Å². The van der Waals surface area contributed by atoms with Gasteiger partial charge in [0.2, 0.25) is 5.67 Å². The van der Waals surface area contributed by atoms with Crippen LogP contribution in [0.2, 0.25) is 0 Å². The molecule has 0 spiro atoms. The molecule has 9 heavy (non-hydrogen) atoms. The quantitative estimate of drug-likeness (QED) is 0.334. The number of aliphatic hydroxyl groups excluding tert-OH is 2. The molecule has 0 rings (SSSR count). The maximum absolute atomic E-state index is 8.73. The lowest BCUT2D eigenvalue weighted by Crippen LogP contribution is -1.91. The van der Waals surface area contributed by atoms with E-state index in [1.807, 2.05) is 0 Å². The smallest absolute Gasteiger partial charge is 0.208 e. The fourth-order valence-electron chi connectivity index (χ4n) is 0.163. The maximum atomic E-state index is 8.73. The third-order valence-corrected chi connectivity index (χ3v) is 14.3. The fraction of sp³-hybridized carbons (Fsp3) is 1.00. The predicted molar refractivity (Wildman–Crippen MR) is 54.2 cm³/mol. The van der Waals surface area contributed by atoms with Crippen LogP contribution in [-0.2, 0) is 0 Å². The minimum atomic E-state index is -1.75. The van der Waals surface area contributed by atoms with E-state index >= 15 is 0 Å². The molecule has 0 aromatic heterocycles. The number of rotatable bonds is 4. The molecule has 0 radical (unpaired) electrons. The highest BCUT2D eigenvalue weighted by atomic mass is 33.6. The number of aliphatic hydroxyl groups is 2. The van der Waals surface area contributed by atoms with Crippen molar-refractivity contribution in [2.75, 3.05) is 12.7 Å². The monoisotopic (exact) mass is 223 g/mol. The molecular weight excluding hydrogens is 215 g/mol. The zero-order chi connectivity index (χ0) is 7.33. The van der Waals surface area contributed by atoms with Crippen molar-refractivity contribution in [2.45, 2.75) is 0 Å². The van der Waals surface area contributed by atoms with E-state index in [0.29, 0.717) is 0 Å². The highest BCUT2D eigenvalue weighted by Crippen LogP contribution is 2.80. The van der Waals surface area contributed by atoms with Crippen LogP contribution in [0.4, 0.5) is 0 Å². The van der Waals surface area contributed by atoms with Gasteiger partial charge in [0, 0.05) is 0 Å². The predicted octanol–water partition coefficient (Wildman–Crippen LogP) is 1.89. The van der Waals surface area contributed by atoms with E-state index in [0.717, 1.165) is 0 Å². The Bertz CT molecular complexity index is 59.5. The summed E-state index contributed by atoms with van der Waals surface area (Å²) in [6, 6.07) is 0. The van der Waals surface area contributed by atoms with Gasteiger partial charge in [0.15, 0.2) is 12.7 Å². The molecule has 0 saturated carbocycles. The van der Waals surface area contributed by atoms with Crippen LogP contribution in [0.15, 0.2) is 0 Å². The molecule has 2 nitrogen and oxygen atoms in total. The molecule has 0 bridgehead atoms. The number of hydrogen-bond donors (Lipinski definition) is 4. The Kier molecular flexibility index (Phi) is 6.46. The van der Waals surface area contributed by atoms with Gasteiger partial charge in [0.25, 0.3) is 0 Å². The molecule has 0 aliphatic rings. The van der Waals surface area contributed by atoms with Crippen molar-refractivity contribution in [1.29, 1.82) is 0 Å². The summed E-state index contributed by atoms with van der Waals surface area (Å²) in [5.41, 5.74) is -1.75. The van der Waals surface area contributed by atoms with E-state index in [9.17, 15) is 0 Å². The lowest BCUT2D eigenvalue weighted by atomic mass is 11.7. The van der Waals surface area contributed by atoms with Crippen molar-refractivity contribution >= 4 is 49.8 Å². The zero-order valence-corrected chi connectivity index (χ0v) is 8.78. The van der Waals surface area contributed by atoms with Crippen LogP contribution < -0.4 is 0 Å². The molecule has 0 aromatic rings. The lowest BCUT2D eigenvalue weighted by Gasteiger charge is -2.11. The molecule has 0 atom stereocenters. The van der Waals surface area contributed by atoms with Gasteiger partial charge < -0.3 is 10.2 Å². The summed E-state index contributed by atoms with van der Waals surface area (Å²) in [6.07, 6.45) is -0.0440. The maximum Gasteiger partial charge on any atom is 0.208 e. The molecule has 0 saturated heterocycles. The molecular formula is C2H8O2PS4+. The minimum absolute atomic E-state index is 0.0220. The van der Waals surface area contributed by atoms with Crippen molar-refractivity contribution in [3.8, 4) is 0 Å². The van der Waals surface area contributed by atoms with E-state index in [-0.39, 0.29) is 12.7 Å². The van der Waals surface area contributed by atoms with E-state index in [4.69, 9.17) is 10.2 Å². The second kappa shape index (κ2) is 5.41. The Morgan fingerprint density at radius 1 is 1.11 bits per heavy atom. The standard InChI is InChI=1S/C2H7O2PS4/c3-1-5(2-4,8-6)9-7/h3-4H,1-2H2,(H-,6,7)/p+1. The van der Waals surface area contributed by atoms with Crippen molar-refractivity contribution in [1.82, 2.24) is 0 Å². The van der Waals surface area contributed by atoms with Gasteiger partial charge >= 0.3 is 0 Å². The Morgan fingerprint density at radius 2 is 1.44 bits per heavy atom. The molecule has 0 aliphatic carbocycles. The highest BCUT2D eigenvalue weighted by molar-refractivity contribution is 9.22. The molecule has 0 aliphatic heterocycles. The summed E-state index contributed by atoms with van der Waals surface area (Å²) in [6.45, 7) is 0. The largest absolute Gasteiger partial charge is 0.360 e. The highest BCUT2D eigenvalue weighted by Gasteiger charge is 2.38. The van der Waals surface area contributed by atoms with Crippen molar-refractivity contribution in [3.05, 3.63) is 0 Å². The molecule has 7 heteroatoms. The number of thiol groups is 2. The van der Waals surface area contributed by atoms with E-state index < -0.39 is 5.67 Å². The normalized spacial score (nSPS) is 12.0. The minimum Gasteiger partial charge on any atom is -0.360 e. The first-order valence-corrected chi connectivity index (χ1v) is 9.10. The van der Waals surface area contributed by atoms with Crippen LogP contribution in [0.5, 0.6) is 0 Å². The van der Waals surface area contributed by atoms with Crippen LogP contribution >= 0.6 is 49.8 Å². The molecule has 2 N–H and O–H groups in total. The molecule has 56 valence electrons. The van der Waals surface area contributed by atoms with E-state index in [1.54, 1.807) is 0 Å². The van der Waals surface area contributed by atoms with Crippen LogP contribution in [0.3, 0.4) is 0 Å². The molecule has 0 heterocycles. The average Bonchev–Trinajstić information content (AvgIpc) is 1.95. The Hall–Kier alpha value is 1.75. The van der Waals surface area contributed by atoms with Crippen molar-refractivity contribution in [3.63, 3.8) is 0 Å². The summed E-state index contributed by atoms with van der Waals surface area (Å²) < 4.78 is 0. The first-order valence-electron chi connectivity index (χ1n) is 2.00. The second-order valence-electron chi connectivity index (χ2n) is 1.26. The van der Waals surface area contributed by atoms with Crippen LogP contribution in [0, 0.1) is 0 Å². The average molecular weight is 223 g/mol. The summed E-state index contributed by atoms with van der Waals surface area (Å²) >= 11 is 7.84. The third-order valence-electron chi connectivity index (χ3n) is 0.729. The van der Waals surface area contributed by atoms with Gasteiger partial charge in [-0.1, -0.05) is 23.3 Å². The second-order valence-corrected chi connectivity index (χ2v) is 12.6. The Balaban J connectivity index is 3.82. The topological polar surface area (TPSA) is 40.5 Å². The zero-order valence-electron chi connectivity index (χ0n) is 4.47. The van der Waals surface area contributed by atoms with Gasteiger partial charge in [-0.25, -0.2) is 0 Å². The van der Waals surface area contributed by atoms with Gasteiger partial charge in [0.1, 0.15) is 20.8 Å². The van der Waals surface area contributed by atoms with Crippen LogP contribution in [-0.4, -0.2) is 22.9 Å². The summed E-state index contributed by atoms with van der Waals surface area (Å²) in [7, 11) is 2.42. The lowest BCUT2D eigenvalue weighted by molar-refractivity contribution is 0.346. The Labute approximate surface area is 72.6 Å². The summed E-state index contributed by atoms with van der Waals surface area (Å²) in [5, 5.41) is 17.5. The molecule has 0 unspecified atom stereocenters. The summed E-state index contributed by atoms with van der Waals surface area (Å²) in [5.74, 6) is 0. The van der Waals surface area contributed by atoms with E-state index in [1.165, 1.54) is 20.8 Å². The first-order chi connectivity index (χ1) is 4.24. The van der Waals surface area contributed by atoms with Gasteiger partial charge in [-0.3, -0.25) is 0 Å². The fourth-order valence-corrected chi connectivity index (χ4v) is 6.55. The molecule has 0 aromatic carbocycles. The SMILES string of the molecule is OC[P+](CO)(SS)SS. The van der Waals surface area contributed by atoms with Gasteiger partial charge in [-0.15, -0.1) is 0 Å². The van der Waals surface area contributed by atoms with Gasteiger partial charge in [-0.2, -0.15) is 0 Å². The van der Waals surface area contributed by atoms with Crippen molar-refractivity contribution < 1.29 is 10.2 Å².